The number of nitrogens with zero attached hydrogens (tertiary/aromatic N) is 2. The highest BCUT2D eigenvalue weighted by Gasteiger charge is 2.44. The summed E-state index contributed by atoms with van der Waals surface area (Å²) < 4.78 is 0. The Kier molecular flexibility index (Phi) is 4.63. The Morgan fingerprint density at radius 1 is 1.17 bits per heavy atom. The molecule has 0 bridgehead atoms. The summed E-state index contributed by atoms with van der Waals surface area (Å²) in [7, 11) is 0. The van der Waals surface area contributed by atoms with E-state index < -0.39 is 29.3 Å². The van der Waals surface area contributed by atoms with Crippen LogP contribution in [-0.2, 0) is 9.59 Å². The van der Waals surface area contributed by atoms with E-state index in [4.69, 9.17) is 0 Å². The quantitative estimate of drug-likeness (QED) is 0.686. The fraction of sp³-hybridized carbons (Fsp3) is 0.412. The van der Waals surface area contributed by atoms with Gasteiger partial charge in [0, 0.05) is 11.8 Å². The van der Waals surface area contributed by atoms with Gasteiger partial charge in [0.05, 0.1) is 6.04 Å². The van der Waals surface area contributed by atoms with Gasteiger partial charge in [0.25, 0.3) is 0 Å². The molecule has 1 aromatic rings. The number of hydrogen-bond donors (Lipinski definition) is 1. The maximum absolute atomic E-state index is 12.5. The monoisotopic (exact) mass is 315 g/mol. The molecule has 0 saturated carbocycles. The highest BCUT2D eigenvalue weighted by molar-refractivity contribution is 6.23. The number of carbonyl (C=O) groups excluding carboxylic acids is 3. The van der Waals surface area contributed by atoms with Gasteiger partial charge in [-0.25, -0.2) is 4.79 Å². The van der Waals surface area contributed by atoms with E-state index in [0.29, 0.717) is 0 Å². The molecular weight excluding hydrogens is 294 g/mol. The van der Waals surface area contributed by atoms with E-state index in [1.54, 1.807) is 20.8 Å². The number of imide groups is 2. The van der Waals surface area contributed by atoms with Crippen LogP contribution in [0.4, 0.5) is 4.79 Å². The maximum atomic E-state index is 12.5. The third kappa shape index (κ3) is 3.64. The fourth-order valence-corrected chi connectivity index (χ4v) is 2.39. The number of carbonyl (C=O) groups is 3. The van der Waals surface area contributed by atoms with Crippen LogP contribution in [0.15, 0.2) is 35.3 Å². The summed E-state index contributed by atoms with van der Waals surface area (Å²) in [5.41, 5.74) is 0.273. The Balaban J connectivity index is 2.21. The van der Waals surface area contributed by atoms with Gasteiger partial charge in [-0.15, -0.1) is 0 Å². The normalized spacial score (nSPS) is 20.8. The Hall–Kier alpha value is -2.50. The van der Waals surface area contributed by atoms with Crippen LogP contribution >= 0.6 is 0 Å². The molecule has 4 amide bonds. The molecule has 23 heavy (non-hydrogen) atoms. The van der Waals surface area contributed by atoms with Gasteiger partial charge in [-0.3, -0.25) is 24.8 Å². The second kappa shape index (κ2) is 6.32. The zero-order valence-corrected chi connectivity index (χ0v) is 13.7. The molecule has 1 fully saturated rings. The van der Waals surface area contributed by atoms with Crippen molar-refractivity contribution in [3.8, 4) is 0 Å². The van der Waals surface area contributed by atoms with Gasteiger partial charge in [-0.1, -0.05) is 30.3 Å². The van der Waals surface area contributed by atoms with Crippen LogP contribution < -0.4 is 5.32 Å². The fourth-order valence-electron chi connectivity index (χ4n) is 2.39. The average Bonchev–Trinajstić information content (AvgIpc) is 2.45. The highest BCUT2D eigenvalue weighted by atomic mass is 16.2. The van der Waals surface area contributed by atoms with Gasteiger partial charge in [0.2, 0.25) is 11.8 Å². The number of benzene rings is 1. The van der Waals surface area contributed by atoms with E-state index in [2.05, 4.69) is 10.3 Å². The molecule has 6 nitrogen and oxygen atoms in total. The van der Waals surface area contributed by atoms with Crippen LogP contribution in [-0.4, -0.2) is 34.5 Å². The van der Waals surface area contributed by atoms with E-state index in [1.165, 1.54) is 6.21 Å². The first-order valence-corrected chi connectivity index (χ1v) is 7.49. The molecule has 1 aliphatic rings. The number of nitrogens with one attached hydrogen (secondary N) is 1. The molecule has 1 N–H and O–H groups in total. The van der Waals surface area contributed by atoms with Gasteiger partial charge in [0.1, 0.15) is 0 Å². The van der Waals surface area contributed by atoms with Crippen LogP contribution in [0.3, 0.4) is 0 Å². The molecule has 1 heterocycles. The van der Waals surface area contributed by atoms with E-state index in [0.717, 1.165) is 10.5 Å². The number of amides is 4. The number of hydrogen-bond acceptors (Lipinski definition) is 4. The molecular formula is C17H21N3O3. The van der Waals surface area contributed by atoms with Crippen molar-refractivity contribution in [1.29, 1.82) is 0 Å². The molecule has 6 heteroatoms. The van der Waals surface area contributed by atoms with Crippen LogP contribution in [0.5, 0.6) is 0 Å². The first-order chi connectivity index (χ1) is 10.7. The van der Waals surface area contributed by atoms with Crippen molar-refractivity contribution in [2.24, 2.45) is 10.9 Å². The van der Waals surface area contributed by atoms with Crippen molar-refractivity contribution >= 4 is 24.1 Å². The van der Waals surface area contributed by atoms with E-state index in [-0.39, 0.29) is 6.04 Å². The third-order valence-electron chi connectivity index (χ3n) is 3.61. The topological polar surface area (TPSA) is 78.8 Å². The Bertz CT molecular complexity index is 647. The Labute approximate surface area is 135 Å². The summed E-state index contributed by atoms with van der Waals surface area (Å²) in [6.07, 6.45) is 1.33. The third-order valence-corrected chi connectivity index (χ3v) is 3.61. The van der Waals surface area contributed by atoms with Gasteiger partial charge >= 0.3 is 6.03 Å². The predicted octanol–water partition coefficient (Wildman–Crippen LogP) is 2.31. The highest BCUT2D eigenvalue weighted by Crippen LogP contribution is 2.21. The minimum Gasteiger partial charge on any atom is -0.288 e. The summed E-state index contributed by atoms with van der Waals surface area (Å²) in [6, 6.07) is 8.70. The Morgan fingerprint density at radius 3 is 2.35 bits per heavy atom. The van der Waals surface area contributed by atoms with E-state index >= 15 is 0 Å². The number of barbiturate groups is 1. The molecule has 2 rings (SSSR count). The van der Waals surface area contributed by atoms with Gasteiger partial charge < -0.3 is 0 Å². The smallest absolute Gasteiger partial charge is 0.288 e. The Morgan fingerprint density at radius 2 is 1.78 bits per heavy atom. The second-order valence-corrected chi connectivity index (χ2v) is 6.50. The van der Waals surface area contributed by atoms with Crippen LogP contribution in [0.2, 0.25) is 0 Å². The van der Waals surface area contributed by atoms with Crippen LogP contribution in [0.25, 0.3) is 0 Å². The average molecular weight is 315 g/mol. The van der Waals surface area contributed by atoms with Gasteiger partial charge in [-0.2, -0.15) is 0 Å². The number of rotatable bonds is 3. The summed E-state index contributed by atoms with van der Waals surface area (Å²) in [6.45, 7) is 7.09. The SMILES string of the molecule is C[C@H](N=CC1C(=O)NC(=O)N(C(C)(C)C)C1=O)c1ccccc1. The molecule has 1 aliphatic heterocycles. The van der Waals surface area contributed by atoms with Crippen LogP contribution in [0.1, 0.15) is 39.3 Å². The van der Waals surface area contributed by atoms with Crippen molar-refractivity contribution in [2.75, 3.05) is 0 Å². The standard InChI is InChI=1S/C17H21N3O3/c1-11(12-8-6-5-7-9-12)18-10-13-14(21)19-16(23)20(15(13)22)17(2,3)4/h5-11,13H,1-4H3,(H,19,21,23)/t11-,13?/m0/s1. The lowest BCUT2D eigenvalue weighted by Gasteiger charge is -2.37. The lowest BCUT2D eigenvalue weighted by molar-refractivity contribution is -0.142. The summed E-state index contributed by atoms with van der Waals surface area (Å²) in [5, 5.41) is 2.22. The first kappa shape index (κ1) is 16.9. The lowest BCUT2D eigenvalue weighted by Crippen LogP contribution is -2.63. The summed E-state index contributed by atoms with van der Waals surface area (Å²) in [4.78, 5) is 41.7. The lowest BCUT2D eigenvalue weighted by atomic mass is 9.99. The second-order valence-electron chi connectivity index (χ2n) is 6.50. The molecule has 1 aromatic carbocycles. The first-order valence-electron chi connectivity index (χ1n) is 7.49. The molecule has 0 aromatic heterocycles. The van der Waals surface area contributed by atoms with Crippen molar-refractivity contribution < 1.29 is 14.4 Å². The number of urea groups is 1. The van der Waals surface area contributed by atoms with Crippen LogP contribution in [0, 0.1) is 5.92 Å². The van der Waals surface area contributed by atoms with Crippen molar-refractivity contribution in [1.82, 2.24) is 10.2 Å². The summed E-state index contributed by atoms with van der Waals surface area (Å²) in [5.74, 6) is -2.27. The molecule has 1 saturated heterocycles. The minimum atomic E-state index is -1.09. The zero-order valence-electron chi connectivity index (χ0n) is 13.7. The molecule has 2 atom stereocenters. The van der Waals surface area contributed by atoms with E-state index in [1.807, 2.05) is 37.3 Å². The molecule has 0 radical (unpaired) electrons. The zero-order chi connectivity index (χ0) is 17.2. The maximum Gasteiger partial charge on any atom is 0.331 e. The van der Waals surface area contributed by atoms with Crippen molar-refractivity contribution in [3.63, 3.8) is 0 Å². The molecule has 1 unspecified atom stereocenters. The molecule has 122 valence electrons. The van der Waals surface area contributed by atoms with E-state index in [9.17, 15) is 14.4 Å². The molecule has 0 spiro atoms. The van der Waals surface area contributed by atoms with Gasteiger partial charge in [-0.05, 0) is 33.3 Å². The minimum absolute atomic E-state index is 0.183. The van der Waals surface area contributed by atoms with Crippen molar-refractivity contribution in [2.45, 2.75) is 39.3 Å². The van der Waals surface area contributed by atoms with Crippen molar-refractivity contribution in [3.05, 3.63) is 35.9 Å². The largest absolute Gasteiger partial charge is 0.331 e. The summed E-state index contributed by atoms with van der Waals surface area (Å²) >= 11 is 0. The molecule has 0 aliphatic carbocycles. The predicted molar refractivity (Wildman–Crippen MR) is 87.0 cm³/mol. The van der Waals surface area contributed by atoms with Gasteiger partial charge in [0.15, 0.2) is 5.92 Å². The number of aliphatic imine (C=N–C) groups is 1.